The summed E-state index contributed by atoms with van der Waals surface area (Å²) < 4.78 is 5.63. The number of benzene rings is 1. The smallest absolute Gasteiger partial charge is 0.338 e. The first kappa shape index (κ1) is 29.7. The van der Waals surface area contributed by atoms with Crippen molar-refractivity contribution in [3.8, 4) is 0 Å². The molecule has 0 N–H and O–H groups in total. The summed E-state index contributed by atoms with van der Waals surface area (Å²) in [6, 6.07) is 6.27. The van der Waals surface area contributed by atoms with Gasteiger partial charge < -0.3 is 4.74 Å². The lowest BCUT2D eigenvalue weighted by Crippen LogP contribution is -2.18. The summed E-state index contributed by atoms with van der Waals surface area (Å²) >= 11 is 0. The highest BCUT2D eigenvalue weighted by atomic mass is 16.5. The van der Waals surface area contributed by atoms with Gasteiger partial charge in [-0.2, -0.15) is 0 Å². The molecule has 0 aliphatic rings. The molecular weight excluding hydrogens is 404 g/mol. The van der Waals surface area contributed by atoms with Crippen LogP contribution < -0.4 is 0 Å². The maximum absolute atomic E-state index is 12.7. The lowest BCUT2D eigenvalue weighted by Gasteiger charge is -2.25. The molecule has 0 saturated heterocycles. The molecule has 0 unspecified atom stereocenters. The average Bonchev–Trinajstić information content (AvgIpc) is 2.74. The lowest BCUT2D eigenvalue weighted by atomic mass is 9.79. The molecule has 1 aromatic carbocycles. The Balaban J connectivity index is 2.21. The standard InChI is InChI=1S/C31H54O2/c1-8-9-10-11-12-13-14-15-16-17-18-19-20-21-22-33-29(32)26-23-27(30(2,3)4)25-28(24-26)31(5,6)7/h23-25H,8-22H2,1-7H3. The monoisotopic (exact) mass is 458 g/mol. The summed E-state index contributed by atoms with van der Waals surface area (Å²) in [4.78, 5) is 12.7. The van der Waals surface area contributed by atoms with Crippen LogP contribution in [0.3, 0.4) is 0 Å². The highest BCUT2D eigenvalue weighted by Crippen LogP contribution is 2.30. The summed E-state index contributed by atoms with van der Waals surface area (Å²) in [5.74, 6) is -0.179. The normalized spacial score (nSPS) is 12.2. The first-order valence-electron chi connectivity index (χ1n) is 13.9. The Labute approximate surface area is 206 Å². The van der Waals surface area contributed by atoms with Gasteiger partial charge in [0.05, 0.1) is 12.2 Å². The topological polar surface area (TPSA) is 26.3 Å². The van der Waals surface area contributed by atoms with Crippen LogP contribution in [0.15, 0.2) is 18.2 Å². The van der Waals surface area contributed by atoms with Gasteiger partial charge in [-0.15, -0.1) is 0 Å². The van der Waals surface area contributed by atoms with E-state index in [0.717, 1.165) is 12.8 Å². The Morgan fingerprint density at radius 1 is 0.606 bits per heavy atom. The Kier molecular flexibility index (Phi) is 14.0. The molecule has 0 aromatic heterocycles. The summed E-state index contributed by atoms with van der Waals surface area (Å²) in [5.41, 5.74) is 3.09. The van der Waals surface area contributed by atoms with Crippen molar-refractivity contribution in [2.75, 3.05) is 6.61 Å². The van der Waals surface area contributed by atoms with Gasteiger partial charge in [0.1, 0.15) is 0 Å². The van der Waals surface area contributed by atoms with E-state index in [-0.39, 0.29) is 16.8 Å². The number of carbonyl (C=O) groups excluding carboxylic acids is 1. The minimum absolute atomic E-state index is 0.00488. The van der Waals surface area contributed by atoms with Crippen molar-refractivity contribution < 1.29 is 9.53 Å². The largest absolute Gasteiger partial charge is 0.462 e. The number of esters is 1. The van der Waals surface area contributed by atoms with Gasteiger partial charge in [-0.1, -0.05) is 138 Å². The highest BCUT2D eigenvalue weighted by molar-refractivity contribution is 5.90. The fraction of sp³-hybridized carbons (Fsp3) is 0.774. The molecule has 2 nitrogen and oxygen atoms in total. The highest BCUT2D eigenvalue weighted by Gasteiger charge is 2.22. The van der Waals surface area contributed by atoms with Crippen LogP contribution >= 0.6 is 0 Å². The maximum atomic E-state index is 12.7. The van der Waals surface area contributed by atoms with Crippen LogP contribution in [-0.4, -0.2) is 12.6 Å². The second-order valence-corrected chi connectivity index (χ2v) is 12.0. The number of hydrogen-bond acceptors (Lipinski definition) is 2. The summed E-state index contributed by atoms with van der Waals surface area (Å²) in [6.45, 7) is 16.0. The summed E-state index contributed by atoms with van der Waals surface area (Å²) in [5, 5.41) is 0. The van der Waals surface area contributed by atoms with E-state index < -0.39 is 0 Å². The number of carbonyl (C=O) groups is 1. The predicted octanol–water partition coefficient (Wildman–Crippen LogP) is 9.92. The van der Waals surface area contributed by atoms with Gasteiger partial charge in [0.15, 0.2) is 0 Å². The second kappa shape index (κ2) is 15.6. The van der Waals surface area contributed by atoms with Crippen molar-refractivity contribution in [1.82, 2.24) is 0 Å². The Morgan fingerprint density at radius 2 is 0.970 bits per heavy atom. The van der Waals surface area contributed by atoms with Crippen LogP contribution in [0.5, 0.6) is 0 Å². The van der Waals surface area contributed by atoms with E-state index >= 15 is 0 Å². The van der Waals surface area contributed by atoms with Crippen molar-refractivity contribution in [2.24, 2.45) is 0 Å². The van der Waals surface area contributed by atoms with E-state index in [1.54, 1.807) is 0 Å². The van der Waals surface area contributed by atoms with Crippen LogP contribution in [0.1, 0.15) is 160 Å². The van der Waals surface area contributed by atoms with Crippen molar-refractivity contribution in [1.29, 1.82) is 0 Å². The molecule has 0 atom stereocenters. The third kappa shape index (κ3) is 13.2. The van der Waals surface area contributed by atoms with Gasteiger partial charge in [0.25, 0.3) is 0 Å². The summed E-state index contributed by atoms with van der Waals surface area (Å²) in [6.07, 6.45) is 18.7. The molecule has 0 spiro atoms. The third-order valence-electron chi connectivity index (χ3n) is 6.63. The van der Waals surface area contributed by atoms with Gasteiger partial charge in [0, 0.05) is 0 Å². The zero-order valence-corrected chi connectivity index (χ0v) is 23.2. The Bertz CT molecular complexity index is 628. The molecule has 33 heavy (non-hydrogen) atoms. The zero-order chi connectivity index (χ0) is 24.7. The van der Waals surface area contributed by atoms with Crippen LogP contribution in [0.4, 0.5) is 0 Å². The van der Waals surface area contributed by atoms with Gasteiger partial charge in [-0.3, -0.25) is 0 Å². The number of rotatable bonds is 16. The SMILES string of the molecule is CCCCCCCCCCCCCCCCOC(=O)c1cc(C(C)(C)C)cc(C(C)(C)C)c1. The van der Waals surface area contributed by atoms with Gasteiger partial charge in [0.2, 0.25) is 0 Å². The number of ether oxygens (including phenoxy) is 1. The minimum atomic E-state index is -0.179. The quantitative estimate of drug-likeness (QED) is 0.182. The van der Waals surface area contributed by atoms with Crippen molar-refractivity contribution in [3.05, 3.63) is 34.9 Å². The van der Waals surface area contributed by atoms with Crippen LogP contribution in [0.25, 0.3) is 0 Å². The van der Waals surface area contributed by atoms with Crippen molar-refractivity contribution in [3.63, 3.8) is 0 Å². The third-order valence-corrected chi connectivity index (χ3v) is 6.63. The zero-order valence-electron chi connectivity index (χ0n) is 23.2. The van der Waals surface area contributed by atoms with Crippen LogP contribution in [0, 0.1) is 0 Å². The molecule has 0 heterocycles. The van der Waals surface area contributed by atoms with E-state index in [2.05, 4.69) is 54.5 Å². The molecular formula is C31H54O2. The molecule has 0 aliphatic heterocycles. The summed E-state index contributed by atoms with van der Waals surface area (Å²) in [7, 11) is 0. The molecule has 0 amide bonds. The maximum Gasteiger partial charge on any atom is 0.338 e. The average molecular weight is 459 g/mol. The molecule has 0 saturated carbocycles. The van der Waals surface area contributed by atoms with Gasteiger partial charge in [-0.05, 0) is 40.5 Å². The van der Waals surface area contributed by atoms with E-state index in [0.29, 0.717) is 12.2 Å². The van der Waals surface area contributed by atoms with Gasteiger partial charge in [-0.25, -0.2) is 4.79 Å². The van der Waals surface area contributed by atoms with E-state index in [4.69, 9.17) is 4.74 Å². The van der Waals surface area contributed by atoms with E-state index in [9.17, 15) is 4.79 Å². The molecule has 2 heteroatoms. The van der Waals surface area contributed by atoms with Crippen LogP contribution in [-0.2, 0) is 15.6 Å². The number of hydrogen-bond donors (Lipinski definition) is 0. The van der Waals surface area contributed by atoms with Crippen molar-refractivity contribution in [2.45, 2.75) is 149 Å². The second-order valence-electron chi connectivity index (χ2n) is 12.0. The predicted molar refractivity (Wildman–Crippen MR) is 144 cm³/mol. The Hall–Kier alpha value is -1.31. The molecule has 0 fully saturated rings. The lowest BCUT2D eigenvalue weighted by molar-refractivity contribution is 0.0497. The molecule has 0 aliphatic carbocycles. The minimum Gasteiger partial charge on any atom is -0.462 e. The first-order valence-corrected chi connectivity index (χ1v) is 13.9. The number of unbranched alkanes of at least 4 members (excludes halogenated alkanes) is 13. The molecule has 0 radical (unpaired) electrons. The van der Waals surface area contributed by atoms with Gasteiger partial charge >= 0.3 is 5.97 Å². The van der Waals surface area contributed by atoms with E-state index in [1.807, 2.05) is 12.1 Å². The fourth-order valence-electron chi connectivity index (χ4n) is 4.16. The van der Waals surface area contributed by atoms with Crippen molar-refractivity contribution >= 4 is 5.97 Å². The Morgan fingerprint density at radius 3 is 1.33 bits per heavy atom. The van der Waals surface area contributed by atoms with Crippen LogP contribution in [0.2, 0.25) is 0 Å². The molecule has 1 aromatic rings. The fourth-order valence-corrected chi connectivity index (χ4v) is 4.16. The first-order chi connectivity index (χ1) is 15.6. The molecule has 190 valence electrons. The molecule has 0 bridgehead atoms. The van der Waals surface area contributed by atoms with E-state index in [1.165, 1.54) is 88.2 Å². The molecule has 1 rings (SSSR count).